The molecule has 0 atom stereocenters. The van der Waals surface area contributed by atoms with Crippen LogP contribution in [0.15, 0.2) is 188 Å². The Kier molecular flexibility index (Phi) is 6.25. The highest BCUT2D eigenvalue weighted by molar-refractivity contribution is 6.26. The number of hydrogen-bond acceptors (Lipinski definition) is 1. The zero-order valence-corrected chi connectivity index (χ0v) is 26.8. The summed E-state index contributed by atoms with van der Waals surface area (Å²) < 4.78 is 0. The van der Waals surface area contributed by atoms with Gasteiger partial charge < -0.3 is 4.90 Å². The molecule has 0 radical (unpaired) electrons. The van der Waals surface area contributed by atoms with Gasteiger partial charge in [0, 0.05) is 16.8 Å². The van der Waals surface area contributed by atoms with Gasteiger partial charge in [0.05, 0.1) is 5.69 Å². The standard InChI is InChI=1S/C48H31N/c1-4-14-35-27-38(22-21-32(35)11-1)46-30-39-31-47(43-18-8-10-20-45(43)48(39)44-19-9-7-17-42(44)46)49(40-25-23-33-12-2-5-15-36(33)28-40)41-26-24-34-13-3-6-16-37(34)29-41/h1-31H. The third kappa shape index (κ3) is 4.55. The molecule has 0 aliphatic heterocycles. The fraction of sp³-hybridized carbons (Fsp3) is 0. The highest BCUT2D eigenvalue weighted by atomic mass is 15.1. The zero-order valence-electron chi connectivity index (χ0n) is 26.8. The average molecular weight is 622 g/mol. The van der Waals surface area contributed by atoms with Gasteiger partial charge in [-0.05, 0) is 113 Å². The molecule has 10 aromatic rings. The molecule has 0 bridgehead atoms. The molecule has 0 unspecified atom stereocenters. The van der Waals surface area contributed by atoms with Crippen molar-refractivity contribution in [2.24, 2.45) is 0 Å². The maximum Gasteiger partial charge on any atom is 0.0546 e. The Labute approximate surface area is 284 Å². The Morgan fingerprint density at radius 2 is 0.735 bits per heavy atom. The second kappa shape index (κ2) is 11.1. The minimum Gasteiger partial charge on any atom is -0.310 e. The summed E-state index contributed by atoms with van der Waals surface area (Å²) in [6.07, 6.45) is 0. The Hall–Kier alpha value is -6.44. The molecule has 0 heterocycles. The number of fused-ring (bicyclic) bond motifs is 8. The quantitative estimate of drug-likeness (QED) is 0.177. The van der Waals surface area contributed by atoms with Crippen LogP contribution in [-0.4, -0.2) is 0 Å². The number of anilines is 3. The maximum absolute atomic E-state index is 2.45. The van der Waals surface area contributed by atoms with Gasteiger partial charge in [0.2, 0.25) is 0 Å². The fourth-order valence-corrected chi connectivity index (χ4v) is 7.80. The third-order valence-corrected chi connectivity index (χ3v) is 10.1. The summed E-state index contributed by atoms with van der Waals surface area (Å²) in [5.41, 5.74) is 5.90. The van der Waals surface area contributed by atoms with E-state index < -0.39 is 0 Å². The van der Waals surface area contributed by atoms with Crippen molar-refractivity contribution in [2.75, 3.05) is 4.90 Å². The Bertz CT molecular complexity index is 2820. The number of rotatable bonds is 4. The van der Waals surface area contributed by atoms with Crippen LogP contribution in [0.4, 0.5) is 17.1 Å². The molecule has 1 nitrogen and oxygen atoms in total. The molecule has 10 aromatic carbocycles. The van der Waals surface area contributed by atoms with Gasteiger partial charge in [0.1, 0.15) is 0 Å². The lowest BCUT2D eigenvalue weighted by Gasteiger charge is -2.28. The first-order chi connectivity index (χ1) is 24.3. The van der Waals surface area contributed by atoms with Crippen molar-refractivity contribution in [1.29, 1.82) is 0 Å². The van der Waals surface area contributed by atoms with E-state index in [2.05, 4.69) is 193 Å². The van der Waals surface area contributed by atoms with Crippen LogP contribution in [0.2, 0.25) is 0 Å². The van der Waals surface area contributed by atoms with Gasteiger partial charge in [0.15, 0.2) is 0 Å². The molecule has 0 aliphatic carbocycles. The van der Waals surface area contributed by atoms with E-state index in [9.17, 15) is 0 Å². The lowest BCUT2D eigenvalue weighted by Crippen LogP contribution is -2.10. The van der Waals surface area contributed by atoms with Gasteiger partial charge in [0.25, 0.3) is 0 Å². The average Bonchev–Trinajstić information content (AvgIpc) is 3.17. The molecular weight excluding hydrogens is 591 g/mol. The van der Waals surface area contributed by atoms with Crippen molar-refractivity contribution in [3.8, 4) is 11.1 Å². The van der Waals surface area contributed by atoms with E-state index in [-0.39, 0.29) is 0 Å². The van der Waals surface area contributed by atoms with Crippen molar-refractivity contribution in [3.05, 3.63) is 188 Å². The Balaban J connectivity index is 1.30. The van der Waals surface area contributed by atoms with E-state index in [0.29, 0.717) is 0 Å². The number of benzene rings is 10. The molecule has 0 aliphatic rings. The lowest BCUT2D eigenvalue weighted by molar-refractivity contribution is 1.31. The molecular formula is C48H31N. The first-order valence-corrected chi connectivity index (χ1v) is 16.9. The normalized spacial score (nSPS) is 11.7. The van der Waals surface area contributed by atoms with Crippen LogP contribution < -0.4 is 4.90 Å². The summed E-state index contributed by atoms with van der Waals surface area (Å²) in [6.45, 7) is 0. The summed E-state index contributed by atoms with van der Waals surface area (Å²) >= 11 is 0. The molecule has 0 amide bonds. The van der Waals surface area contributed by atoms with Crippen molar-refractivity contribution in [2.45, 2.75) is 0 Å². The van der Waals surface area contributed by atoms with Crippen molar-refractivity contribution >= 4 is 81.7 Å². The van der Waals surface area contributed by atoms with Gasteiger partial charge in [-0.1, -0.05) is 146 Å². The molecule has 0 saturated heterocycles. The van der Waals surface area contributed by atoms with E-state index in [1.807, 2.05) is 0 Å². The Morgan fingerprint density at radius 3 is 1.33 bits per heavy atom. The first kappa shape index (κ1) is 27.7. The molecule has 10 rings (SSSR count). The summed E-state index contributed by atoms with van der Waals surface area (Å²) in [4.78, 5) is 2.45. The molecule has 0 aromatic heterocycles. The van der Waals surface area contributed by atoms with Gasteiger partial charge in [-0.3, -0.25) is 0 Å². The predicted molar refractivity (Wildman–Crippen MR) is 212 cm³/mol. The molecule has 228 valence electrons. The SMILES string of the molecule is c1ccc2cc(-c3cc4cc(N(c5ccc6ccccc6c5)c5ccc6ccccc6c5)c5ccccc5c4c4ccccc34)ccc2c1. The molecule has 0 saturated carbocycles. The molecule has 0 N–H and O–H groups in total. The first-order valence-electron chi connectivity index (χ1n) is 16.9. The molecule has 1 heteroatoms. The number of hydrogen-bond donors (Lipinski definition) is 0. The van der Waals surface area contributed by atoms with Crippen LogP contribution in [0, 0.1) is 0 Å². The Morgan fingerprint density at radius 1 is 0.286 bits per heavy atom. The molecule has 0 fully saturated rings. The van der Waals surface area contributed by atoms with Gasteiger partial charge in [-0.25, -0.2) is 0 Å². The lowest BCUT2D eigenvalue weighted by atomic mass is 9.89. The maximum atomic E-state index is 2.45. The highest BCUT2D eigenvalue weighted by Crippen LogP contribution is 2.46. The van der Waals surface area contributed by atoms with Crippen LogP contribution in [0.3, 0.4) is 0 Å². The van der Waals surface area contributed by atoms with Crippen molar-refractivity contribution in [3.63, 3.8) is 0 Å². The van der Waals surface area contributed by atoms with Crippen molar-refractivity contribution < 1.29 is 0 Å². The monoisotopic (exact) mass is 621 g/mol. The summed E-state index contributed by atoms with van der Waals surface area (Å²) in [5.74, 6) is 0. The van der Waals surface area contributed by atoms with E-state index in [0.717, 1.165) is 17.1 Å². The topological polar surface area (TPSA) is 3.24 Å². The van der Waals surface area contributed by atoms with E-state index in [4.69, 9.17) is 0 Å². The van der Waals surface area contributed by atoms with Crippen LogP contribution in [-0.2, 0) is 0 Å². The smallest absolute Gasteiger partial charge is 0.0546 e. The van der Waals surface area contributed by atoms with Crippen molar-refractivity contribution in [1.82, 2.24) is 0 Å². The van der Waals surface area contributed by atoms with Gasteiger partial charge >= 0.3 is 0 Å². The van der Waals surface area contributed by atoms with E-state index >= 15 is 0 Å². The summed E-state index contributed by atoms with van der Waals surface area (Å²) in [6, 6.07) is 69.0. The van der Waals surface area contributed by atoms with Gasteiger partial charge in [-0.15, -0.1) is 0 Å². The summed E-state index contributed by atoms with van der Waals surface area (Å²) in [7, 11) is 0. The van der Waals surface area contributed by atoms with Gasteiger partial charge in [-0.2, -0.15) is 0 Å². The fourth-order valence-electron chi connectivity index (χ4n) is 7.80. The highest BCUT2D eigenvalue weighted by Gasteiger charge is 2.20. The van der Waals surface area contributed by atoms with E-state index in [1.54, 1.807) is 0 Å². The minimum absolute atomic E-state index is 1.13. The second-order valence-corrected chi connectivity index (χ2v) is 13.0. The predicted octanol–water partition coefficient (Wildman–Crippen LogP) is 13.7. The minimum atomic E-state index is 1.13. The third-order valence-electron chi connectivity index (χ3n) is 10.1. The second-order valence-electron chi connectivity index (χ2n) is 13.0. The van der Waals surface area contributed by atoms with Crippen LogP contribution in [0.5, 0.6) is 0 Å². The molecule has 49 heavy (non-hydrogen) atoms. The molecule has 0 spiro atoms. The summed E-state index contributed by atoms with van der Waals surface area (Å²) in [5, 5.41) is 15.0. The van der Waals surface area contributed by atoms with Crippen LogP contribution in [0.25, 0.3) is 75.8 Å². The largest absolute Gasteiger partial charge is 0.310 e. The zero-order chi connectivity index (χ0) is 32.3. The van der Waals surface area contributed by atoms with Crippen LogP contribution >= 0.6 is 0 Å². The number of nitrogens with zero attached hydrogens (tertiary/aromatic N) is 1. The van der Waals surface area contributed by atoms with Crippen LogP contribution in [0.1, 0.15) is 0 Å². The van der Waals surface area contributed by atoms with E-state index in [1.165, 1.54) is 75.8 Å².